The number of hydrogen-bond acceptors (Lipinski definition) is 4. The highest BCUT2D eigenvalue weighted by Gasteiger charge is 2.16. The molecular formula is C15H12FN5O. The van der Waals surface area contributed by atoms with Gasteiger partial charge in [-0.3, -0.25) is 10.1 Å². The second-order valence-electron chi connectivity index (χ2n) is 4.56. The van der Waals surface area contributed by atoms with Crippen LogP contribution in [0.4, 0.5) is 4.39 Å². The maximum Gasteiger partial charge on any atom is 0.172 e. The monoisotopic (exact) mass is 297 g/mol. The third-order valence-corrected chi connectivity index (χ3v) is 3.16. The second kappa shape index (κ2) is 5.72. The summed E-state index contributed by atoms with van der Waals surface area (Å²) in [6.07, 6.45) is 1.44. The van der Waals surface area contributed by atoms with Crippen LogP contribution >= 0.6 is 0 Å². The second-order valence-corrected chi connectivity index (χ2v) is 4.56. The first kappa shape index (κ1) is 13.9. The number of aliphatic imine (C=N–C) groups is 1. The molecule has 0 radical (unpaired) electrons. The van der Waals surface area contributed by atoms with Gasteiger partial charge in [0.2, 0.25) is 0 Å². The van der Waals surface area contributed by atoms with E-state index in [1.807, 2.05) is 0 Å². The van der Waals surface area contributed by atoms with Crippen molar-refractivity contribution in [3.8, 4) is 11.4 Å². The molecule has 0 spiro atoms. The SMILES string of the molecule is C=NC(=N)c1cc(-c2ccon2)n(Cc2ccccc2F)n1. The molecule has 0 unspecified atom stereocenters. The van der Waals surface area contributed by atoms with Crippen molar-refractivity contribution in [2.45, 2.75) is 6.54 Å². The molecule has 3 rings (SSSR count). The Kier molecular flexibility index (Phi) is 3.61. The zero-order chi connectivity index (χ0) is 15.5. The molecule has 22 heavy (non-hydrogen) atoms. The Morgan fingerprint density at radius 3 is 2.86 bits per heavy atom. The maximum absolute atomic E-state index is 13.8. The first-order valence-electron chi connectivity index (χ1n) is 6.46. The standard InChI is InChI=1S/C15H12FN5O/c1-18-15(17)13-8-14(12-6-7-22-20-12)21(19-13)9-10-4-2-3-5-11(10)16/h2-8,17H,1,9H2. The minimum Gasteiger partial charge on any atom is -0.364 e. The highest BCUT2D eigenvalue weighted by Crippen LogP contribution is 2.21. The zero-order valence-electron chi connectivity index (χ0n) is 11.5. The number of benzene rings is 1. The lowest BCUT2D eigenvalue weighted by molar-refractivity contribution is 0.421. The van der Waals surface area contributed by atoms with Crippen molar-refractivity contribution >= 4 is 12.6 Å². The third kappa shape index (κ3) is 2.56. The van der Waals surface area contributed by atoms with Gasteiger partial charge in [-0.25, -0.2) is 9.38 Å². The van der Waals surface area contributed by atoms with Crippen molar-refractivity contribution in [1.29, 1.82) is 5.41 Å². The molecule has 0 amide bonds. The Balaban J connectivity index is 2.05. The number of hydrogen-bond donors (Lipinski definition) is 1. The molecule has 0 aliphatic carbocycles. The van der Waals surface area contributed by atoms with E-state index in [2.05, 4.69) is 22.0 Å². The van der Waals surface area contributed by atoms with E-state index in [0.29, 0.717) is 22.6 Å². The van der Waals surface area contributed by atoms with Crippen LogP contribution in [0.1, 0.15) is 11.3 Å². The van der Waals surface area contributed by atoms with E-state index in [1.54, 1.807) is 35.0 Å². The van der Waals surface area contributed by atoms with Crippen LogP contribution in [0, 0.1) is 11.2 Å². The first-order valence-corrected chi connectivity index (χ1v) is 6.46. The molecule has 0 bridgehead atoms. The van der Waals surface area contributed by atoms with Gasteiger partial charge < -0.3 is 4.52 Å². The Morgan fingerprint density at radius 1 is 1.36 bits per heavy atom. The average molecular weight is 297 g/mol. The molecule has 0 aliphatic heterocycles. The Hall–Kier alpha value is -3.09. The summed E-state index contributed by atoms with van der Waals surface area (Å²) in [6.45, 7) is 3.53. The molecule has 110 valence electrons. The molecule has 0 aliphatic rings. The van der Waals surface area contributed by atoms with Crippen molar-refractivity contribution < 1.29 is 8.91 Å². The number of nitrogens with zero attached hydrogens (tertiary/aromatic N) is 4. The zero-order valence-corrected chi connectivity index (χ0v) is 11.5. The number of halogens is 1. The van der Waals surface area contributed by atoms with Crippen molar-refractivity contribution in [3.05, 3.63) is 59.7 Å². The molecule has 0 saturated carbocycles. The van der Waals surface area contributed by atoms with E-state index >= 15 is 0 Å². The van der Waals surface area contributed by atoms with Gasteiger partial charge in [0.1, 0.15) is 23.5 Å². The molecule has 2 aromatic heterocycles. The smallest absolute Gasteiger partial charge is 0.172 e. The third-order valence-electron chi connectivity index (χ3n) is 3.16. The molecule has 0 fully saturated rings. The quantitative estimate of drug-likeness (QED) is 0.594. The summed E-state index contributed by atoms with van der Waals surface area (Å²) in [4.78, 5) is 3.56. The molecule has 0 saturated heterocycles. The maximum atomic E-state index is 13.8. The van der Waals surface area contributed by atoms with Crippen molar-refractivity contribution in [2.75, 3.05) is 0 Å². The average Bonchev–Trinajstić information content (AvgIpc) is 3.18. The summed E-state index contributed by atoms with van der Waals surface area (Å²) in [5.41, 5.74) is 1.98. The molecule has 2 heterocycles. The van der Waals surface area contributed by atoms with Gasteiger partial charge in [-0.05, 0) is 18.9 Å². The summed E-state index contributed by atoms with van der Waals surface area (Å²) in [7, 11) is 0. The molecule has 1 aromatic carbocycles. The van der Waals surface area contributed by atoms with Crippen LogP contribution in [0.5, 0.6) is 0 Å². The van der Waals surface area contributed by atoms with Crippen LogP contribution in [0.3, 0.4) is 0 Å². The fourth-order valence-electron chi connectivity index (χ4n) is 2.07. The molecular weight excluding hydrogens is 285 g/mol. The highest BCUT2D eigenvalue weighted by molar-refractivity contribution is 5.98. The van der Waals surface area contributed by atoms with Crippen molar-refractivity contribution in [2.24, 2.45) is 4.99 Å². The fraction of sp³-hybridized carbons (Fsp3) is 0.0667. The van der Waals surface area contributed by atoms with Crippen LogP contribution in [-0.4, -0.2) is 27.5 Å². The van der Waals surface area contributed by atoms with Gasteiger partial charge in [0.05, 0.1) is 12.2 Å². The lowest BCUT2D eigenvalue weighted by atomic mass is 10.2. The molecule has 3 aromatic rings. The van der Waals surface area contributed by atoms with Gasteiger partial charge in [-0.15, -0.1) is 0 Å². The molecule has 1 N–H and O–H groups in total. The minimum absolute atomic E-state index is 0.0583. The van der Waals surface area contributed by atoms with Crippen LogP contribution in [0.15, 0.2) is 52.2 Å². The molecule has 6 nitrogen and oxygen atoms in total. The highest BCUT2D eigenvalue weighted by atomic mass is 19.1. The molecule has 7 heteroatoms. The van der Waals surface area contributed by atoms with Crippen LogP contribution in [0.25, 0.3) is 11.4 Å². The van der Waals surface area contributed by atoms with E-state index < -0.39 is 0 Å². The predicted octanol–water partition coefficient (Wildman–Crippen LogP) is 2.75. The van der Waals surface area contributed by atoms with E-state index in [1.165, 1.54) is 12.3 Å². The molecule has 0 atom stereocenters. The topological polar surface area (TPSA) is 80.1 Å². The normalized spacial score (nSPS) is 10.6. The van der Waals surface area contributed by atoms with E-state index in [0.717, 1.165) is 0 Å². The lowest BCUT2D eigenvalue weighted by Gasteiger charge is -2.06. The summed E-state index contributed by atoms with van der Waals surface area (Å²) in [5, 5.41) is 15.9. The fourth-order valence-corrected chi connectivity index (χ4v) is 2.07. The van der Waals surface area contributed by atoms with E-state index in [4.69, 9.17) is 9.93 Å². The Morgan fingerprint density at radius 2 is 2.18 bits per heavy atom. The van der Waals surface area contributed by atoms with Crippen molar-refractivity contribution in [3.63, 3.8) is 0 Å². The van der Waals surface area contributed by atoms with Crippen LogP contribution in [0.2, 0.25) is 0 Å². The van der Waals surface area contributed by atoms with Gasteiger partial charge in [0.25, 0.3) is 0 Å². The van der Waals surface area contributed by atoms with Gasteiger partial charge in [-0.1, -0.05) is 23.4 Å². The number of rotatable bonds is 4. The summed E-state index contributed by atoms with van der Waals surface area (Å²) < 4.78 is 20.2. The van der Waals surface area contributed by atoms with Crippen LogP contribution in [-0.2, 0) is 6.54 Å². The summed E-state index contributed by atoms with van der Waals surface area (Å²) in [6, 6.07) is 9.78. The van der Waals surface area contributed by atoms with Gasteiger partial charge in [0, 0.05) is 11.6 Å². The Labute approximate surface area is 125 Å². The first-order chi connectivity index (χ1) is 10.7. The largest absolute Gasteiger partial charge is 0.364 e. The van der Waals surface area contributed by atoms with E-state index in [9.17, 15) is 4.39 Å². The van der Waals surface area contributed by atoms with Crippen molar-refractivity contribution in [1.82, 2.24) is 14.9 Å². The van der Waals surface area contributed by atoms with Gasteiger partial charge >= 0.3 is 0 Å². The number of aromatic nitrogens is 3. The minimum atomic E-state index is -0.317. The predicted molar refractivity (Wildman–Crippen MR) is 79.6 cm³/mol. The Bertz CT molecular complexity index is 822. The number of amidine groups is 1. The lowest BCUT2D eigenvalue weighted by Crippen LogP contribution is -2.07. The summed E-state index contributed by atoms with van der Waals surface area (Å²) in [5.74, 6) is -0.375. The van der Waals surface area contributed by atoms with Gasteiger partial charge in [-0.2, -0.15) is 5.10 Å². The van der Waals surface area contributed by atoms with Crippen LogP contribution < -0.4 is 0 Å². The van der Waals surface area contributed by atoms with Gasteiger partial charge in [0.15, 0.2) is 5.84 Å². The summed E-state index contributed by atoms with van der Waals surface area (Å²) >= 11 is 0. The van der Waals surface area contributed by atoms with E-state index in [-0.39, 0.29) is 18.2 Å². The number of nitrogens with one attached hydrogen (secondary N) is 1.